The quantitative estimate of drug-likeness (QED) is 0.502. The van der Waals surface area contributed by atoms with Crippen LogP contribution in [-0.4, -0.2) is 30.2 Å². The van der Waals surface area contributed by atoms with E-state index in [-0.39, 0.29) is 11.5 Å². The fraction of sp³-hybridized carbons (Fsp3) is 0.280. The maximum Gasteiger partial charge on any atom is 0.161 e. The molecule has 1 aliphatic rings. The van der Waals surface area contributed by atoms with Gasteiger partial charge >= 0.3 is 0 Å². The van der Waals surface area contributed by atoms with E-state index in [0.29, 0.717) is 11.3 Å². The predicted molar refractivity (Wildman–Crippen MR) is 123 cm³/mol. The highest BCUT2D eigenvalue weighted by Gasteiger charge is 2.34. The van der Waals surface area contributed by atoms with Gasteiger partial charge in [0.2, 0.25) is 0 Å². The Morgan fingerprint density at radius 2 is 1.94 bits per heavy atom. The highest BCUT2D eigenvalue weighted by molar-refractivity contribution is 5.69. The number of fused-ring (bicyclic) bond motifs is 2. The third-order valence-electron chi connectivity index (χ3n) is 6.07. The lowest BCUT2D eigenvalue weighted by Gasteiger charge is -2.27. The Morgan fingerprint density at radius 1 is 1.12 bits per heavy atom. The first-order valence-corrected chi connectivity index (χ1v) is 10.7. The summed E-state index contributed by atoms with van der Waals surface area (Å²) in [5, 5.41) is 27.5. The van der Waals surface area contributed by atoms with E-state index >= 15 is 0 Å². The summed E-state index contributed by atoms with van der Waals surface area (Å²) in [6.45, 7) is 6.43. The van der Waals surface area contributed by atoms with Gasteiger partial charge in [-0.25, -0.2) is 4.98 Å². The summed E-state index contributed by atoms with van der Waals surface area (Å²) in [5.74, 6) is 1.39. The number of benzene rings is 1. The van der Waals surface area contributed by atoms with Crippen LogP contribution in [0.5, 0.6) is 5.75 Å². The number of phenolic OH excluding ortho intramolecular Hbond substituents is 1. The number of nitrogens with one attached hydrogen (secondary N) is 1. The molecule has 0 radical (unpaired) electrons. The zero-order valence-electron chi connectivity index (χ0n) is 18.3. The van der Waals surface area contributed by atoms with Gasteiger partial charge in [0.1, 0.15) is 17.6 Å². The topological polar surface area (TPSA) is 99.1 Å². The Hall–Kier alpha value is -3.92. The monoisotopic (exact) mass is 424 g/mol. The maximum atomic E-state index is 9.89. The van der Waals surface area contributed by atoms with Gasteiger partial charge in [-0.1, -0.05) is 19.9 Å². The van der Waals surface area contributed by atoms with Gasteiger partial charge in [0.05, 0.1) is 17.5 Å². The Kier molecular flexibility index (Phi) is 4.59. The van der Waals surface area contributed by atoms with Crippen LogP contribution in [0.4, 0.5) is 5.82 Å². The van der Waals surface area contributed by atoms with Crippen molar-refractivity contribution in [3.63, 3.8) is 0 Å². The number of nitrogens with zero attached hydrogens (tertiary/aromatic N) is 5. The molecular weight excluding hydrogens is 400 g/mol. The van der Waals surface area contributed by atoms with Gasteiger partial charge in [0.25, 0.3) is 0 Å². The molecule has 5 rings (SSSR count). The summed E-state index contributed by atoms with van der Waals surface area (Å²) in [4.78, 5) is 9.10. The summed E-state index contributed by atoms with van der Waals surface area (Å²) in [7, 11) is 0. The van der Waals surface area contributed by atoms with Gasteiger partial charge in [-0.2, -0.15) is 14.9 Å². The molecule has 7 nitrogen and oxygen atoms in total. The van der Waals surface area contributed by atoms with Gasteiger partial charge in [0, 0.05) is 35.1 Å². The molecule has 1 unspecified atom stereocenters. The van der Waals surface area contributed by atoms with Crippen molar-refractivity contribution in [2.24, 2.45) is 0 Å². The molecular formula is C25H24N6O. The number of rotatable bonds is 4. The molecule has 0 spiro atoms. The average Bonchev–Trinajstić information content (AvgIpc) is 3.34. The molecule has 1 aromatic carbocycles. The average molecular weight is 425 g/mol. The first-order valence-electron chi connectivity index (χ1n) is 10.7. The van der Waals surface area contributed by atoms with Crippen molar-refractivity contribution in [2.45, 2.75) is 45.1 Å². The molecule has 0 amide bonds. The number of aromatic nitrogens is 4. The SMILES string of the molecule is CC(C)c1cnn2c(NC3(C)Cc4ccc(O)cc4C3)cc(-c3cncc(C#N)c3)nc12. The van der Waals surface area contributed by atoms with Crippen LogP contribution in [-0.2, 0) is 12.8 Å². The van der Waals surface area contributed by atoms with E-state index < -0.39 is 0 Å². The predicted octanol–water partition coefficient (Wildman–Crippen LogP) is 4.46. The van der Waals surface area contributed by atoms with E-state index in [1.807, 2.05) is 28.9 Å². The van der Waals surface area contributed by atoms with Crippen LogP contribution in [0.3, 0.4) is 0 Å². The summed E-state index contributed by atoms with van der Waals surface area (Å²) in [5.41, 5.74) is 6.02. The van der Waals surface area contributed by atoms with E-state index in [1.54, 1.807) is 24.5 Å². The van der Waals surface area contributed by atoms with Gasteiger partial charge < -0.3 is 10.4 Å². The molecule has 0 saturated carbocycles. The minimum absolute atomic E-state index is 0.238. The molecule has 2 N–H and O–H groups in total. The largest absolute Gasteiger partial charge is 0.508 e. The van der Waals surface area contributed by atoms with Crippen molar-refractivity contribution < 1.29 is 5.11 Å². The fourth-order valence-electron chi connectivity index (χ4n) is 4.52. The molecule has 160 valence electrons. The Morgan fingerprint density at radius 3 is 2.72 bits per heavy atom. The van der Waals surface area contributed by atoms with Crippen molar-refractivity contribution >= 4 is 11.5 Å². The molecule has 0 saturated heterocycles. The zero-order valence-corrected chi connectivity index (χ0v) is 18.3. The van der Waals surface area contributed by atoms with Crippen molar-refractivity contribution in [2.75, 3.05) is 5.32 Å². The number of aromatic hydroxyl groups is 1. The van der Waals surface area contributed by atoms with Crippen molar-refractivity contribution in [3.8, 4) is 23.1 Å². The number of phenols is 1. The summed E-state index contributed by atoms with van der Waals surface area (Å²) in [6.07, 6.45) is 6.78. The first kappa shape index (κ1) is 20.0. The molecule has 3 heterocycles. The van der Waals surface area contributed by atoms with Gasteiger partial charge in [-0.15, -0.1) is 0 Å². The third kappa shape index (κ3) is 3.44. The Balaban J connectivity index is 1.61. The summed E-state index contributed by atoms with van der Waals surface area (Å²) < 4.78 is 1.85. The van der Waals surface area contributed by atoms with E-state index in [1.165, 1.54) is 5.56 Å². The van der Waals surface area contributed by atoms with Gasteiger partial charge in [-0.3, -0.25) is 4.98 Å². The van der Waals surface area contributed by atoms with E-state index in [2.05, 4.69) is 42.2 Å². The molecule has 3 aromatic heterocycles. The van der Waals surface area contributed by atoms with Crippen molar-refractivity contribution in [3.05, 3.63) is 71.2 Å². The van der Waals surface area contributed by atoms with Crippen LogP contribution >= 0.6 is 0 Å². The first-order chi connectivity index (χ1) is 15.3. The van der Waals surface area contributed by atoms with Gasteiger partial charge in [0.15, 0.2) is 5.65 Å². The number of pyridine rings is 1. The Labute approximate surface area is 186 Å². The third-order valence-corrected chi connectivity index (χ3v) is 6.07. The lowest BCUT2D eigenvalue weighted by Crippen LogP contribution is -2.36. The Bertz CT molecular complexity index is 1380. The van der Waals surface area contributed by atoms with E-state index in [4.69, 9.17) is 4.98 Å². The lowest BCUT2D eigenvalue weighted by atomic mass is 9.98. The van der Waals surface area contributed by atoms with Crippen LogP contribution in [0.15, 0.2) is 48.9 Å². The molecule has 0 bridgehead atoms. The zero-order chi connectivity index (χ0) is 22.5. The molecule has 0 aliphatic heterocycles. The molecule has 7 heteroatoms. The number of nitriles is 1. The van der Waals surface area contributed by atoms with Crippen LogP contribution in [0, 0.1) is 11.3 Å². The van der Waals surface area contributed by atoms with Crippen molar-refractivity contribution in [1.29, 1.82) is 5.26 Å². The van der Waals surface area contributed by atoms with Gasteiger partial charge in [-0.05, 0) is 55.0 Å². The molecule has 1 aliphatic carbocycles. The van der Waals surface area contributed by atoms with Crippen molar-refractivity contribution in [1.82, 2.24) is 19.6 Å². The van der Waals surface area contributed by atoms with Crippen LogP contribution in [0.1, 0.15) is 48.9 Å². The summed E-state index contributed by atoms with van der Waals surface area (Å²) in [6, 6.07) is 11.5. The minimum atomic E-state index is -0.238. The second-order valence-corrected chi connectivity index (χ2v) is 9.08. The second kappa shape index (κ2) is 7.34. The minimum Gasteiger partial charge on any atom is -0.508 e. The van der Waals surface area contributed by atoms with E-state index in [9.17, 15) is 10.4 Å². The summed E-state index contributed by atoms with van der Waals surface area (Å²) >= 11 is 0. The lowest BCUT2D eigenvalue weighted by molar-refractivity contribution is 0.474. The molecule has 4 aromatic rings. The number of hydrogen-bond acceptors (Lipinski definition) is 6. The molecule has 0 fully saturated rings. The molecule has 1 atom stereocenters. The highest BCUT2D eigenvalue weighted by Crippen LogP contribution is 2.36. The highest BCUT2D eigenvalue weighted by atomic mass is 16.3. The second-order valence-electron chi connectivity index (χ2n) is 9.08. The smallest absolute Gasteiger partial charge is 0.161 e. The standard InChI is InChI=1S/C25H24N6O/c1-15(2)21-14-28-31-23(30-25(3)9-17-4-5-20(32)7-18(17)10-25)8-22(29-24(21)31)19-6-16(11-26)12-27-13-19/h4-8,12-15,30,32H,9-10H2,1-3H3. The van der Waals surface area contributed by atoms with Crippen LogP contribution in [0.2, 0.25) is 0 Å². The van der Waals surface area contributed by atoms with Crippen LogP contribution in [0.25, 0.3) is 16.9 Å². The number of anilines is 1. The normalized spacial score (nSPS) is 17.5. The van der Waals surface area contributed by atoms with E-state index in [0.717, 1.165) is 46.7 Å². The number of hydrogen-bond donors (Lipinski definition) is 2. The fourth-order valence-corrected chi connectivity index (χ4v) is 4.52. The van der Waals surface area contributed by atoms with Crippen LogP contribution < -0.4 is 5.32 Å². The molecule has 32 heavy (non-hydrogen) atoms. The maximum absolute atomic E-state index is 9.89.